The number of hydrogen-bond donors (Lipinski definition) is 0. The molecule has 0 spiro atoms. The molecule has 9 heteroatoms. The zero-order valence-electron chi connectivity index (χ0n) is 14.1. The highest BCUT2D eigenvalue weighted by molar-refractivity contribution is 6.43. The van der Waals surface area contributed by atoms with Crippen LogP contribution in [0.4, 0.5) is 0 Å². The number of nitrogens with zero attached hydrogens (tertiary/aromatic N) is 2. The molecule has 1 atom stereocenters. The van der Waals surface area contributed by atoms with E-state index in [2.05, 4.69) is 0 Å². The number of piperazine rings is 1. The van der Waals surface area contributed by atoms with Gasteiger partial charge in [0.05, 0.1) is 15.1 Å². The van der Waals surface area contributed by atoms with Crippen molar-refractivity contribution in [1.29, 1.82) is 0 Å². The van der Waals surface area contributed by atoms with Crippen LogP contribution in [0.2, 0.25) is 15.1 Å². The Morgan fingerprint density at radius 2 is 1.69 bits per heavy atom. The summed E-state index contributed by atoms with van der Waals surface area (Å²) in [4.78, 5) is 28.1. The largest absolute Gasteiger partial charge is 0.482 e. The number of hydrogen-bond acceptors (Lipinski definition) is 4. The Hall–Kier alpha value is -1.21. The van der Waals surface area contributed by atoms with Gasteiger partial charge in [-0.2, -0.15) is 0 Å². The minimum Gasteiger partial charge on any atom is -0.482 e. The van der Waals surface area contributed by atoms with Crippen LogP contribution in [-0.2, 0) is 14.3 Å². The van der Waals surface area contributed by atoms with Crippen LogP contribution in [0.1, 0.15) is 12.8 Å². The third-order valence-corrected chi connectivity index (χ3v) is 5.49. The number of benzene rings is 1. The van der Waals surface area contributed by atoms with Crippen LogP contribution < -0.4 is 4.74 Å². The Morgan fingerprint density at radius 3 is 2.35 bits per heavy atom. The van der Waals surface area contributed by atoms with E-state index >= 15 is 0 Å². The van der Waals surface area contributed by atoms with E-state index in [1.165, 1.54) is 12.1 Å². The average Bonchev–Trinajstić information content (AvgIpc) is 3.17. The summed E-state index contributed by atoms with van der Waals surface area (Å²) in [7, 11) is 0. The second kappa shape index (κ2) is 8.65. The number of carbonyl (C=O) groups is 2. The van der Waals surface area contributed by atoms with Crippen molar-refractivity contribution in [3.05, 3.63) is 27.2 Å². The van der Waals surface area contributed by atoms with Crippen LogP contribution in [0, 0.1) is 0 Å². The molecule has 2 heterocycles. The monoisotopic (exact) mass is 420 g/mol. The molecule has 2 aliphatic heterocycles. The van der Waals surface area contributed by atoms with Gasteiger partial charge >= 0.3 is 0 Å². The number of ether oxygens (including phenoxy) is 2. The van der Waals surface area contributed by atoms with Gasteiger partial charge in [0.15, 0.2) is 6.61 Å². The lowest BCUT2D eigenvalue weighted by molar-refractivity contribution is -0.146. The van der Waals surface area contributed by atoms with Gasteiger partial charge in [0.25, 0.3) is 11.8 Å². The first-order valence-corrected chi connectivity index (χ1v) is 9.54. The molecule has 0 aromatic heterocycles. The molecule has 0 bridgehead atoms. The fourth-order valence-corrected chi connectivity index (χ4v) is 3.59. The van der Waals surface area contributed by atoms with Gasteiger partial charge < -0.3 is 19.3 Å². The Morgan fingerprint density at radius 1 is 1.04 bits per heavy atom. The van der Waals surface area contributed by atoms with Crippen LogP contribution in [0.5, 0.6) is 5.75 Å². The Labute approximate surface area is 166 Å². The maximum atomic E-state index is 12.3. The van der Waals surface area contributed by atoms with Crippen molar-refractivity contribution >= 4 is 46.6 Å². The SMILES string of the molecule is O=C(COc1cc(Cl)c(Cl)cc1Cl)N1CCN(C(=O)[C@H]2CCCO2)CC1. The lowest BCUT2D eigenvalue weighted by atomic mass is 10.2. The Kier molecular flexibility index (Phi) is 6.51. The zero-order chi connectivity index (χ0) is 18.7. The molecule has 1 aromatic rings. The predicted octanol–water partition coefficient (Wildman–Crippen LogP) is 2.88. The van der Waals surface area contributed by atoms with E-state index < -0.39 is 0 Å². The summed E-state index contributed by atoms with van der Waals surface area (Å²) in [5.41, 5.74) is 0. The summed E-state index contributed by atoms with van der Waals surface area (Å²) in [5, 5.41) is 0.918. The van der Waals surface area contributed by atoms with Crippen molar-refractivity contribution in [2.75, 3.05) is 39.4 Å². The lowest BCUT2D eigenvalue weighted by Gasteiger charge is -2.35. The van der Waals surface area contributed by atoms with E-state index in [0.29, 0.717) is 53.6 Å². The van der Waals surface area contributed by atoms with Crippen LogP contribution in [0.25, 0.3) is 0 Å². The molecular formula is C17H19Cl3N2O4. The molecule has 0 aliphatic carbocycles. The lowest BCUT2D eigenvalue weighted by Crippen LogP contribution is -2.53. The van der Waals surface area contributed by atoms with Crippen LogP contribution >= 0.6 is 34.8 Å². The highest BCUT2D eigenvalue weighted by Gasteiger charge is 2.31. The quantitative estimate of drug-likeness (QED) is 0.702. The van der Waals surface area contributed by atoms with Gasteiger partial charge in [-0.3, -0.25) is 9.59 Å². The normalized spacial score (nSPS) is 20.3. The van der Waals surface area contributed by atoms with E-state index in [-0.39, 0.29) is 24.5 Å². The first kappa shape index (κ1) is 19.5. The molecule has 0 N–H and O–H groups in total. The molecule has 2 amide bonds. The summed E-state index contributed by atoms with van der Waals surface area (Å²) >= 11 is 17.8. The summed E-state index contributed by atoms with van der Waals surface area (Å²) < 4.78 is 10.9. The molecule has 6 nitrogen and oxygen atoms in total. The highest BCUT2D eigenvalue weighted by Crippen LogP contribution is 2.33. The summed E-state index contributed by atoms with van der Waals surface area (Å²) in [6.07, 6.45) is 1.37. The van der Waals surface area contributed by atoms with Gasteiger partial charge in [0.2, 0.25) is 0 Å². The molecular weight excluding hydrogens is 403 g/mol. The van der Waals surface area contributed by atoms with E-state index in [4.69, 9.17) is 44.3 Å². The third-order valence-electron chi connectivity index (χ3n) is 4.48. The first-order valence-electron chi connectivity index (χ1n) is 8.41. The molecule has 3 rings (SSSR count). The van der Waals surface area contributed by atoms with Gasteiger partial charge in [0, 0.05) is 38.9 Å². The van der Waals surface area contributed by atoms with Crippen LogP contribution in [-0.4, -0.2) is 67.1 Å². The molecule has 0 radical (unpaired) electrons. The number of rotatable bonds is 4. The predicted molar refractivity (Wildman–Crippen MR) is 99.1 cm³/mol. The van der Waals surface area contributed by atoms with E-state index in [1.54, 1.807) is 9.80 Å². The van der Waals surface area contributed by atoms with Crippen molar-refractivity contribution in [2.24, 2.45) is 0 Å². The fraction of sp³-hybridized carbons (Fsp3) is 0.529. The van der Waals surface area contributed by atoms with Crippen LogP contribution in [0.15, 0.2) is 12.1 Å². The number of amides is 2. The smallest absolute Gasteiger partial charge is 0.260 e. The maximum absolute atomic E-state index is 12.3. The van der Waals surface area contributed by atoms with E-state index in [9.17, 15) is 9.59 Å². The molecule has 142 valence electrons. The molecule has 0 unspecified atom stereocenters. The minimum absolute atomic E-state index is 0.0217. The van der Waals surface area contributed by atoms with E-state index in [0.717, 1.165) is 12.8 Å². The molecule has 2 aliphatic rings. The van der Waals surface area contributed by atoms with Crippen LogP contribution in [0.3, 0.4) is 0 Å². The minimum atomic E-state index is -0.322. The standard InChI is InChI=1S/C17H19Cl3N2O4/c18-11-8-13(20)15(9-12(11)19)26-10-16(23)21-3-5-22(6-4-21)17(24)14-2-1-7-25-14/h8-9,14H,1-7,10H2/t14-/m1/s1. The average molecular weight is 422 g/mol. The van der Waals surface area contributed by atoms with E-state index in [1.807, 2.05) is 0 Å². The van der Waals surface area contributed by atoms with Crippen molar-refractivity contribution in [1.82, 2.24) is 9.80 Å². The maximum Gasteiger partial charge on any atom is 0.260 e. The fourth-order valence-electron chi connectivity index (χ4n) is 3.00. The summed E-state index contributed by atoms with van der Waals surface area (Å²) in [5.74, 6) is 0.159. The third kappa shape index (κ3) is 4.55. The van der Waals surface area contributed by atoms with Gasteiger partial charge in [-0.1, -0.05) is 34.8 Å². The van der Waals surface area contributed by atoms with Crippen molar-refractivity contribution in [3.8, 4) is 5.75 Å². The Bertz CT molecular complexity index is 687. The molecule has 2 saturated heterocycles. The van der Waals surface area contributed by atoms with Crippen molar-refractivity contribution in [3.63, 3.8) is 0 Å². The zero-order valence-corrected chi connectivity index (χ0v) is 16.3. The summed E-state index contributed by atoms with van der Waals surface area (Å²) in [6.45, 7) is 2.42. The van der Waals surface area contributed by atoms with Gasteiger partial charge in [0.1, 0.15) is 11.9 Å². The molecule has 26 heavy (non-hydrogen) atoms. The first-order chi connectivity index (χ1) is 12.5. The topological polar surface area (TPSA) is 59.1 Å². The number of halogens is 3. The van der Waals surface area contributed by atoms with Gasteiger partial charge in [-0.05, 0) is 18.9 Å². The van der Waals surface area contributed by atoms with Gasteiger partial charge in [-0.15, -0.1) is 0 Å². The molecule has 1 aromatic carbocycles. The molecule has 2 fully saturated rings. The Balaban J connectivity index is 1.48. The second-order valence-electron chi connectivity index (χ2n) is 6.19. The highest BCUT2D eigenvalue weighted by atomic mass is 35.5. The van der Waals surface area contributed by atoms with Crippen molar-refractivity contribution < 1.29 is 19.1 Å². The number of carbonyl (C=O) groups excluding carboxylic acids is 2. The van der Waals surface area contributed by atoms with Crippen molar-refractivity contribution in [2.45, 2.75) is 18.9 Å². The second-order valence-corrected chi connectivity index (χ2v) is 7.41. The van der Waals surface area contributed by atoms with Gasteiger partial charge in [-0.25, -0.2) is 0 Å². The molecule has 0 saturated carbocycles. The summed E-state index contributed by atoms with van der Waals surface area (Å²) in [6, 6.07) is 2.96.